The van der Waals surface area contributed by atoms with Crippen LogP contribution >= 0.6 is 47.0 Å². The van der Waals surface area contributed by atoms with Gasteiger partial charge in [0.2, 0.25) is 5.89 Å². The van der Waals surface area contributed by atoms with Crippen LogP contribution in [-0.2, 0) is 0 Å². The van der Waals surface area contributed by atoms with Gasteiger partial charge in [0, 0.05) is 10.6 Å². The lowest BCUT2D eigenvalue weighted by Gasteiger charge is -2.14. The third kappa shape index (κ3) is 5.60. The largest absolute Gasteiger partial charge is 0.494 e. The molecule has 6 nitrogen and oxygen atoms in total. The summed E-state index contributed by atoms with van der Waals surface area (Å²) >= 11 is 23.9. The third-order valence-electron chi connectivity index (χ3n) is 5.74. The monoisotopic (exact) mass is 561 g/mol. The van der Waals surface area contributed by atoms with Crippen molar-refractivity contribution in [2.45, 2.75) is 26.2 Å². The second-order valence-electron chi connectivity index (χ2n) is 8.13. The summed E-state index contributed by atoms with van der Waals surface area (Å²) in [6.07, 6.45) is 1.04. The van der Waals surface area contributed by atoms with Crippen molar-refractivity contribution >= 4 is 74.8 Å². The molecule has 36 heavy (non-hydrogen) atoms. The molecule has 0 aliphatic carbocycles. The summed E-state index contributed by atoms with van der Waals surface area (Å²) in [4.78, 5) is 17.5. The van der Waals surface area contributed by atoms with Crippen molar-refractivity contribution in [3.8, 4) is 17.2 Å². The number of carbonyl (C=O) groups excluding carboxylic acids is 1. The van der Waals surface area contributed by atoms with Gasteiger partial charge >= 0.3 is 0 Å². The minimum absolute atomic E-state index is 0.0213. The Morgan fingerprint density at radius 3 is 2.61 bits per heavy atom. The van der Waals surface area contributed by atoms with E-state index in [-0.39, 0.29) is 26.5 Å². The fourth-order valence-electron chi connectivity index (χ4n) is 3.62. The first-order chi connectivity index (χ1) is 17.2. The SMILES string of the molecule is CC[C@H](C)c1ccc2oc(-c3ccc(Cl)c(NC(=S)NC(=O)c4cc(Cl)cc(Cl)c4OC)c3)nc2c1. The Balaban J connectivity index is 1.55. The van der Waals surface area contributed by atoms with Crippen LogP contribution in [0.1, 0.15) is 42.1 Å². The molecule has 2 N–H and O–H groups in total. The molecule has 0 saturated carbocycles. The van der Waals surface area contributed by atoms with Gasteiger partial charge in [0.05, 0.1) is 28.4 Å². The molecule has 186 valence electrons. The minimum atomic E-state index is -0.544. The number of nitrogens with one attached hydrogen (secondary N) is 2. The molecule has 0 aliphatic rings. The molecule has 4 aromatic rings. The molecular formula is C26H22Cl3N3O3S. The standard InChI is InChI=1S/C26H22Cl3N3O3S/c1-4-13(2)14-6-8-22-21(9-14)30-25(35-22)15-5-7-18(28)20(10-15)31-26(36)32-24(33)17-11-16(27)12-19(29)23(17)34-3/h5-13H,4H2,1-3H3,(H2,31,32,33,36)/t13-/m0/s1. The van der Waals surface area contributed by atoms with Gasteiger partial charge in [-0.2, -0.15) is 0 Å². The number of ether oxygens (including phenoxy) is 1. The Labute approximate surface area is 228 Å². The van der Waals surface area contributed by atoms with Gasteiger partial charge in [-0.1, -0.05) is 54.7 Å². The van der Waals surface area contributed by atoms with Crippen LogP contribution in [0, 0.1) is 0 Å². The topological polar surface area (TPSA) is 76.4 Å². The molecule has 0 bridgehead atoms. The van der Waals surface area contributed by atoms with Crippen molar-refractivity contribution in [1.82, 2.24) is 10.3 Å². The number of hydrogen-bond acceptors (Lipinski definition) is 5. The number of amides is 1. The van der Waals surface area contributed by atoms with Gasteiger partial charge < -0.3 is 14.5 Å². The average molecular weight is 563 g/mol. The molecule has 1 atom stereocenters. The van der Waals surface area contributed by atoms with E-state index < -0.39 is 5.91 Å². The van der Waals surface area contributed by atoms with E-state index in [1.165, 1.54) is 24.8 Å². The Morgan fingerprint density at radius 2 is 1.89 bits per heavy atom. The number of carbonyl (C=O) groups is 1. The van der Waals surface area contributed by atoms with Crippen molar-refractivity contribution in [3.63, 3.8) is 0 Å². The first-order valence-corrected chi connectivity index (χ1v) is 12.6. The summed E-state index contributed by atoms with van der Waals surface area (Å²) in [6, 6.07) is 14.2. The molecule has 1 heterocycles. The van der Waals surface area contributed by atoms with Crippen LogP contribution in [-0.4, -0.2) is 23.1 Å². The van der Waals surface area contributed by atoms with Gasteiger partial charge in [-0.3, -0.25) is 10.1 Å². The number of benzene rings is 3. The Bertz CT molecular complexity index is 1470. The number of thiocarbonyl (C=S) groups is 1. The van der Waals surface area contributed by atoms with E-state index in [0.29, 0.717) is 33.7 Å². The first-order valence-electron chi connectivity index (χ1n) is 11.1. The van der Waals surface area contributed by atoms with Crippen molar-refractivity contribution < 1.29 is 13.9 Å². The molecule has 0 unspecified atom stereocenters. The van der Waals surface area contributed by atoms with Gasteiger partial charge in [-0.25, -0.2) is 4.98 Å². The van der Waals surface area contributed by atoms with E-state index in [1.807, 2.05) is 12.1 Å². The molecule has 0 saturated heterocycles. The zero-order chi connectivity index (χ0) is 26.0. The lowest BCUT2D eigenvalue weighted by atomic mass is 9.98. The van der Waals surface area contributed by atoms with Gasteiger partial charge in [0.15, 0.2) is 10.7 Å². The van der Waals surface area contributed by atoms with Crippen molar-refractivity contribution in [2.24, 2.45) is 0 Å². The summed E-state index contributed by atoms with van der Waals surface area (Å²) in [5, 5.41) is 6.45. The summed E-state index contributed by atoms with van der Waals surface area (Å²) in [5.41, 5.74) is 3.99. The van der Waals surface area contributed by atoms with Crippen LogP contribution in [0.2, 0.25) is 15.1 Å². The van der Waals surface area contributed by atoms with E-state index in [2.05, 4.69) is 35.5 Å². The van der Waals surface area contributed by atoms with Crippen molar-refractivity contribution in [2.75, 3.05) is 12.4 Å². The summed E-state index contributed by atoms with van der Waals surface area (Å²) in [6.45, 7) is 4.33. The Hall–Kier alpha value is -2.84. The number of aromatic nitrogens is 1. The highest BCUT2D eigenvalue weighted by Gasteiger charge is 2.19. The molecule has 1 aromatic heterocycles. The van der Waals surface area contributed by atoms with E-state index in [1.54, 1.807) is 18.2 Å². The molecule has 0 spiro atoms. The zero-order valence-corrected chi connectivity index (χ0v) is 22.7. The van der Waals surface area contributed by atoms with E-state index in [0.717, 1.165) is 11.9 Å². The lowest BCUT2D eigenvalue weighted by Crippen LogP contribution is -2.34. The zero-order valence-electron chi connectivity index (χ0n) is 19.6. The van der Waals surface area contributed by atoms with Crippen LogP contribution in [0.25, 0.3) is 22.6 Å². The number of halogens is 3. The molecule has 0 aliphatic heterocycles. The van der Waals surface area contributed by atoms with Crippen molar-refractivity contribution in [1.29, 1.82) is 0 Å². The molecule has 3 aromatic carbocycles. The maximum Gasteiger partial charge on any atom is 0.261 e. The van der Waals surface area contributed by atoms with Crippen LogP contribution in [0.15, 0.2) is 52.9 Å². The fraction of sp³-hybridized carbons (Fsp3) is 0.192. The van der Waals surface area contributed by atoms with E-state index in [4.69, 9.17) is 56.2 Å². The summed E-state index contributed by atoms with van der Waals surface area (Å²) < 4.78 is 11.2. The van der Waals surface area contributed by atoms with Crippen LogP contribution in [0.3, 0.4) is 0 Å². The minimum Gasteiger partial charge on any atom is -0.494 e. The predicted molar refractivity (Wildman–Crippen MR) is 150 cm³/mol. The van der Waals surface area contributed by atoms with Crippen LogP contribution in [0.5, 0.6) is 5.75 Å². The average Bonchev–Trinajstić information content (AvgIpc) is 3.27. The van der Waals surface area contributed by atoms with Gasteiger partial charge in [0.1, 0.15) is 11.3 Å². The Kier molecular flexibility index (Phi) is 8.05. The lowest BCUT2D eigenvalue weighted by molar-refractivity contribution is 0.0974. The molecule has 1 amide bonds. The Morgan fingerprint density at radius 1 is 1.11 bits per heavy atom. The highest BCUT2D eigenvalue weighted by atomic mass is 35.5. The second kappa shape index (κ2) is 11.0. The van der Waals surface area contributed by atoms with Gasteiger partial charge in [-0.15, -0.1) is 0 Å². The van der Waals surface area contributed by atoms with Crippen LogP contribution < -0.4 is 15.4 Å². The number of methoxy groups -OCH3 is 1. The molecule has 4 rings (SSSR count). The number of oxazole rings is 1. The highest BCUT2D eigenvalue weighted by molar-refractivity contribution is 7.80. The number of hydrogen-bond donors (Lipinski definition) is 2. The van der Waals surface area contributed by atoms with Gasteiger partial charge in [-0.05, 0) is 72.6 Å². The molecule has 0 fully saturated rings. The fourth-order valence-corrected chi connectivity index (χ4v) is 4.56. The van der Waals surface area contributed by atoms with E-state index in [9.17, 15) is 4.79 Å². The molecule has 0 radical (unpaired) electrons. The maximum atomic E-state index is 12.8. The second-order valence-corrected chi connectivity index (χ2v) is 9.79. The van der Waals surface area contributed by atoms with Crippen molar-refractivity contribution in [3.05, 3.63) is 74.7 Å². The quantitative estimate of drug-likeness (QED) is 0.231. The molecule has 10 heteroatoms. The first kappa shape index (κ1) is 26.2. The predicted octanol–water partition coefficient (Wildman–Crippen LogP) is 8.10. The highest BCUT2D eigenvalue weighted by Crippen LogP contribution is 2.33. The third-order valence-corrected chi connectivity index (χ3v) is 6.77. The maximum absolute atomic E-state index is 12.8. The van der Waals surface area contributed by atoms with Gasteiger partial charge in [0.25, 0.3) is 5.91 Å². The van der Waals surface area contributed by atoms with Crippen LogP contribution in [0.4, 0.5) is 5.69 Å². The summed E-state index contributed by atoms with van der Waals surface area (Å²) in [5.74, 6) is 0.519. The van der Waals surface area contributed by atoms with E-state index >= 15 is 0 Å². The number of fused-ring (bicyclic) bond motifs is 1. The number of nitrogens with zero attached hydrogens (tertiary/aromatic N) is 1. The normalized spacial score (nSPS) is 11.8. The molecular weight excluding hydrogens is 541 g/mol. The smallest absolute Gasteiger partial charge is 0.261 e. The number of anilines is 1. The number of rotatable bonds is 6. The summed E-state index contributed by atoms with van der Waals surface area (Å²) in [7, 11) is 1.41.